The Morgan fingerprint density at radius 2 is 1.88 bits per heavy atom. The number of furan rings is 1. The van der Waals surface area contributed by atoms with E-state index in [4.69, 9.17) is 13.9 Å². The van der Waals surface area contributed by atoms with Gasteiger partial charge in [-0.3, -0.25) is 9.59 Å². The summed E-state index contributed by atoms with van der Waals surface area (Å²) in [5.74, 6) is 0.449. The monoisotopic (exact) mass is 511 g/mol. The van der Waals surface area contributed by atoms with E-state index in [1.807, 2.05) is 12.1 Å². The van der Waals surface area contributed by atoms with Gasteiger partial charge in [0, 0.05) is 12.1 Å². The van der Waals surface area contributed by atoms with Crippen LogP contribution in [0, 0.1) is 6.92 Å². The van der Waals surface area contributed by atoms with Crippen LogP contribution in [0.25, 0.3) is 5.76 Å². The summed E-state index contributed by atoms with van der Waals surface area (Å²) >= 11 is 3.39. The van der Waals surface area contributed by atoms with Crippen molar-refractivity contribution in [1.82, 2.24) is 4.90 Å². The molecule has 3 aromatic rings. The number of aliphatic hydroxyl groups is 1. The normalized spacial score (nSPS) is 17.5. The van der Waals surface area contributed by atoms with E-state index in [0.717, 1.165) is 5.56 Å². The number of aliphatic hydroxyl groups excluding tert-OH is 1. The number of aryl methyl sites for hydroxylation is 1. The molecule has 1 aliphatic rings. The molecule has 1 aromatic heterocycles. The quantitative estimate of drug-likeness (QED) is 0.285. The maximum Gasteiger partial charge on any atom is 0.296 e. The number of methoxy groups -OCH3 is 2. The highest BCUT2D eigenvalue weighted by molar-refractivity contribution is 9.10. The van der Waals surface area contributed by atoms with Crippen molar-refractivity contribution >= 4 is 33.4 Å². The molecular formula is C25H22BrNO6. The summed E-state index contributed by atoms with van der Waals surface area (Å²) in [4.78, 5) is 27.6. The van der Waals surface area contributed by atoms with Crippen LogP contribution in [0.4, 0.5) is 0 Å². The number of benzene rings is 2. The zero-order chi connectivity index (χ0) is 23.7. The smallest absolute Gasteiger partial charge is 0.296 e. The van der Waals surface area contributed by atoms with Crippen molar-refractivity contribution in [2.24, 2.45) is 0 Å². The number of carbonyl (C=O) groups excluding carboxylic acids is 2. The van der Waals surface area contributed by atoms with E-state index >= 15 is 0 Å². The topological polar surface area (TPSA) is 89.2 Å². The standard InChI is InChI=1S/C25H22BrNO6/c1-14-7-9-20(33-14)22-21(23(28)16-8-10-19(32-3)18(26)12-16)24(29)25(30)27(22)13-15-5-4-6-17(11-15)31-2/h4-12,22,28H,13H2,1-3H3/b23-21-. The van der Waals surface area contributed by atoms with Gasteiger partial charge in [-0.25, -0.2) is 0 Å². The molecule has 1 aliphatic heterocycles. The Bertz CT molecular complexity index is 1260. The Labute approximate surface area is 199 Å². The van der Waals surface area contributed by atoms with Crippen LogP contribution in [-0.4, -0.2) is 35.9 Å². The Kier molecular flexibility index (Phi) is 6.29. The van der Waals surface area contributed by atoms with Crippen molar-refractivity contribution in [3.63, 3.8) is 0 Å². The lowest BCUT2D eigenvalue weighted by atomic mass is 9.99. The number of amides is 1. The molecular weight excluding hydrogens is 490 g/mol. The van der Waals surface area contributed by atoms with Gasteiger partial charge in [-0.05, 0) is 70.9 Å². The summed E-state index contributed by atoms with van der Waals surface area (Å²) in [6, 6.07) is 14.7. The molecule has 0 bridgehead atoms. The molecule has 2 aromatic carbocycles. The van der Waals surface area contributed by atoms with Crippen molar-refractivity contribution < 1.29 is 28.6 Å². The predicted octanol–water partition coefficient (Wildman–Crippen LogP) is 4.99. The molecule has 7 nitrogen and oxygen atoms in total. The van der Waals surface area contributed by atoms with Crippen molar-refractivity contribution in [2.45, 2.75) is 19.5 Å². The minimum Gasteiger partial charge on any atom is -0.507 e. The lowest BCUT2D eigenvalue weighted by Crippen LogP contribution is -2.29. The van der Waals surface area contributed by atoms with Gasteiger partial charge < -0.3 is 23.9 Å². The third kappa shape index (κ3) is 4.26. The number of Topliss-reactive ketones (excluding diaryl/α,β-unsaturated/α-hetero) is 1. The molecule has 8 heteroatoms. The minimum atomic E-state index is -0.884. The number of ether oxygens (including phenoxy) is 2. The van der Waals surface area contributed by atoms with Crippen LogP contribution in [0.5, 0.6) is 11.5 Å². The van der Waals surface area contributed by atoms with Crippen molar-refractivity contribution in [3.05, 3.63) is 87.3 Å². The van der Waals surface area contributed by atoms with Crippen LogP contribution in [0.2, 0.25) is 0 Å². The summed E-state index contributed by atoms with van der Waals surface area (Å²) in [5, 5.41) is 11.2. The second-order valence-electron chi connectivity index (χ2n) is 7.58. The molecule has 170 valence electrons. The van der Waals surface area contributed by atoms with E-state index < -0.39 is 17.7 Å². The zero-order valence-electron chi connectivity index (χ0n) is 18.3. The highest BCUT2D eigenvalue weighted by Crippen LogP contribution is 2.41. The summed E-state index contributed by atoms with van der Waals surface area (Å²) in [7, 11) is 3.09. The van der Waals surface area contributed by atoms with Gasteiger partial charge in [-0.2, -0.15) is 0 Å². The Balaban J connectivity index is 1.83. The maximum atomic E-state index is 13.1. The second-order valence-corrected chi connectivity index (χ2v) is 8.43. The van der Waals surface area contributed by atoms with E-state index in [1.54, 1.807) is 56.5 Å². The van der Waals surface area contributed by atoms with Gasteiger partial charge in [-0.15, -0.1) is 0 Å². The van der Waals surface area contributed by atoms with E-state index in [-0.39, 0.29) is 17.9 Å². The number of hydrogen-bond acceptors (Lipinski definition) is 6. The Hall–Kier alpha value is -3.52. The van der Waals surface area contributed by atoms with Crippen molar-refractivity contribution in [2.75, 3.05) is 14.2 Å². The van der Waals surface area contributed by atoms with Gasteiger partial charge >= 0.3 is 0 Å². The zero-order valence-corrected chi connectivity index (χ0v) is 19.9. The van der Waals surface area contributed by atoms with Crippen LogP contribution < -0.4 is 9.47 Å². The summed E-state index contributed by atoms with van der Waals surface area (Å²) < 4.78 is 16.9. The molecule has 0 spiro atoms. The number of nitrogens with zero attached hydrogens (tertiary/aromatic N) is 1. The molecule has 2 heterocycles. The fraction of sp³-hybridized carbons (Fsp3) is 0.200. The van der Waals surface area contributed by atoms with Crippen LogP contribution in [-0.2, 0) is 16.1 Å². The fourth-order valence-electron chi connectivity index (χ4n) is 3.88. The molecule has 1 unspecified atom stereocenters. The molecule has 0 saturated carbocycles. The van der Waals surface area contributed by atoms with Crippen LogP contribution in [0.15, 0.2) is 69.1 Å². The molecule has 1 N–H and O–H groups in total. The first-order chi connectivity index (χ1) is 15.8. The minimum absolute atomic E-state index is 0.0330. The molecule has 1 amide bonds. The van der Waals surface area contributed by atoms with Crippen LogP contribution in [0.1, 0.15) is 28.7 Å². The van der Waals surface area contributed by atoms with Gasteiger partial charge in [0.2, 0.25) is 0 Å². The average molecular weight is 512 g/mol. The van der Waals surface area contributed by atoms with E-state index in [1.165, 1.54) is 12.0 Å². The highest BCUT2D eigenvalue weighted by atomic mass is 79.9. The lowest BCUT2D eigenvalue weighted by molar-refractivity contribution is -0.140. The maximum absolute atomic E-state index is 13.1. The molecule has 1 saturated heterocycles. The molecule has 0 aliphatic carbocycles. The first-order valence-electron chi connectivity index (χ1n) is 10.2. The highest BCUT2D eigenvalue weighted by Gasteiger charge is 2.47. The average Bonchev–Trinajstić information content (AvgIpc) is 3.35. The second kappa shape index (κ2) is 9.15. The van der Waals surface area contributed by atoms with Gasteiger partial charge in [0.25, 0.3) is 11.7 Å². The first-order valence-corrected chi connectivity index (χ1v) is 10.9. The number of likely N-dealkylation sites (tertiary alicyclic amines) is 1. The number of halogens is 1. The van der Waals surface area contributed by atoms with E-state index in [0.29, 0.717) is 33.1 Å². The number of rotatable bonds is 6. The Morgan fingerprint density at radius 1 is 1.09 bits per heavy atom. The van der Waals surface area contributed by atoms with Gasteiger partial charge in [0.1, 0.15) is 34.8 Å². The van der Waals surface area contributed by atoms with Gasteiger partial charge in [-0.1, -0.05) is 12.1 Å². The van der Waals surface area contributed by atoms with Gasteiger partial charge in [0.15, 0.2) is 0 Å². The van der Waals surface area contributed by atoms with Crippen LogP contribution >= 0.6 is 15.9 Å². The summed E-state index contributed by atoms with van der Waals surface area (Å²) in [6.07, 6.45) is 0. The van der Waals surface area contributed by atoms with Crippen molar-refractivity contribution in [1.29, 1.82) is 0 Å². The number of ketones is 1. The van der Waals surface area contributed by atoms with E-state index in [9.17, 15) is 14.7 Å². The fourth-order valence-corrected chi connectivity index (χ4v) is 4.42. The largest absolute Gasteiger partial charge is 0.507 e. The lowest BCUT2D eigenvalue weighted by Gasteiger charge is -2.23. The first kappa shape index (κ1) is 22.7. The van der Waals surface area contributed by atoms with Crippen molar-refractivity contribution in [3.8, 4) is 11.5 Å². The van der Waals surface area contributed by atoms with E-state index in [2.05, 4.69) is 15.9 Å². The Morgan fingerprint density at radius 3 is 2.52 bits per heavy atom. The molecule has 0 radical (unpaired) electrons. The van der Waals surface area contributed by atoms with Gasteiger partial charge in [0.05, 0.1) is 24.3 Å². The molecule has 4 rings (SSSR count). The number of hydrogen-bond donors (Lipinski definition) is 1. The third-order valence-corrected chi connectivity index (χ3v) is 6.10. The molecule has 1 atom stereocenters. The summed E-state index contributed by atoms with van der Waals surface area (Å²) in [6.45, 7) is 1.91. The number of carbonyl (C=O) groups is 2. The predicted molar refractivity (Wildman–Crippen MR) is 125 cm³/mol. The molecule has 1 fully saturated rings. The SMILES string of the molecule is COc1cccc(CN2C(=O)C(=O)/C(=C(\O)c3ccc(OC)c(Br)c3)C2c2ccc(C)o2)c1. The summed E-state index contributed by atoms with van der Waals surface area (Å²) in [5.41, 5.74) is 1.11. The third-order valence-electron chi connectivity index (χ3n) is 5.48. The van der Waals surface area contributed by atoms with Crippen LogP contribution in [0.3, 0.4) is 0 Å². The molecule has 33 heavy (non-hydrogen) atoms.